The van der Waals surface area contributed by atoms with E-state index in [-0.39, 0.29) is 17.2 Å². The molecule has 24 heavy (non-hydrogen) atoms. The minimum atomic E-state index is -0.319. The average Bonchev–Trinajstić information content (AvgIpc) is 2.59. The van der Waals surface area contributed by atoms with E-state index in [1.165, 1.54) is 4.68 Å². The van der Waals surface area contributed by atoms with Gasteiger partial charge in [0, 0.05) is 15.5 Å². The van der Waals surface area contributed by atoms with Crippen molar-refractivity contribution in [2.45, 2.75) is 19.9 Å². The quantitative estimate of drug-likeness (QED) is 0.639. The van der Waals surface area contributed by atoms with Gasteiger partial charge in [-0.05, 0) is 47.2 Å². The Labute approximate surface area is 152 Å². The Kier molecular flexibility index (Phi) is 4.94. The number of aryl methyl sites for hydroxylation is 1. The Morgan fingerprint density at radius 2 is 1.79 bits per heavy atom. The van der Waals surface area contributed by atoms with Crippen molar-refractivity contribution in [3.8, 4) is 0 Å². The molecule has 2 aromatic carbocycles. The largest absolute Gasteiger partial charge is 0.320 e. The number of benzene rings is 2. The molecule has 0 saturated carbocycles. The standard InChI is InChI=1S/C18H16IN3O2/c1-2-11-22-18(24)13-8-4-3-7-12(13)16(21-22)17(23)20-15-10-6-5-9-14(15)19/h3-10H,2,11H2,1H3,(H,20,23). The first-order valence-electron chi connectivity index (χ1n) is 7.67. The maximum Gasteiger partial charge on any atom is 0.276 e. The van der Waals surface area contributed by atoms with E-state index in [1.807, 2.05) is 31.2 Å². The van der Waals surface area contributed by atoms with E-state index in [2.05, 4.69) is 33.0 Å². The van der Waals surface area contributed by atoms with E-state index >= 15 is 0 Å². The van der Waals surface area contributed by atoms with Gasteiger partial charge in [0.1, 0.15) is 0 Å². The molecule has 0 atom stereocenters. The Morgan fingerprint density at radius 3 is 2.50 bits per heavy atom. The van der Waals surface area contributed by atoms with Crippen LogP contribution in [-0.2, 0) is 6.54 Å². The van der Waals surface area contributed by atoms with Crippen LogP contribution in [0.25, 0.3) is 10.8 Å². The lowest BCUT2D eigenvalue weighted by atomic mass is 10.1. The summed E-state index contributed by atoms with van der Waals surface area (Å²) in [5.74, 6) is -0.319. The Morgan fingerprint density at radius 1 is 1.12 bits per heavy atom. The van der Waals surface area contributed by atoms with E-state index in [1.54, 1.807) is 24.3 Å². The smallest absolute Gasteiger partial charge is 0.276 e. The summed E-state index contributed by atoms with van der Waals surface area (Å²) in [6.07, 6.45) is 0.767. The molecule has 122 valence electrons. The number of hydrogen-bond donors (Lipinski definition) is 1. The van der Waals surface area contributed by atoms with Crippen LogP contribution in [0.5, 0.6) is 0 Å². The van der Waals surface area contributed by atoms with Gasteiger partial charge in [-0.1, -0.05) is 37.3 Å². The van der Waals surface area contributed by atoms with Crippen LogP contribution in [0.3, 0.4) is 0 Å². The number of carbonyl (C=O) groups excluding carboxylic acids is 1. The lowest BCUT2D eigenvalue weighted by Gasteiger charge is -2.11. The van der Waals surface area contributed by atoms with E-state index in [4.69, 9.17) is 0 Å². The van der Waals surface area contributed by atoms with Crippen LogP contribution in [0, 0.1) is 3.57 Å². The van der Waals surface area contributed by atoms with Gasteiger partial charge in [0.2, 0.25) is 0 Å². The highest BCUT2D eigenvalue weighted by molar-refractivity contribution is 14.1. The summed E-state index contributed by atoms with van der Waals surface area (Å²) in [5.41, 5.74) is 0.818. The third kappa shape index (κ3) is 3.19. The maximum atomic E-state index is 12.8. The topological polar surface area (TPSA) is 64.0 Å². The Balaban J connectivity index is 2.11. The fourth-order valence-corrected chi connectivity index (χ4v) is 3.03. The van der Waals surface area contributed by atoms with Crippen molar-refractivity contribution in [3.05, 3.63) is 68.1 Å². The van der Waals surface area contributed by atoms with Crippen molar-refractivity contribution >= 4 is 45.0 Å². The number of halogens is 1. The summed E-state index contributed by atoms with van der Waals surface area (Å²) in [6, 6.07) is 14.6. The minimum absolute atomic E-state index is 0.168. The van der Waals surface area contributed by atoms with Gasteiger partial charge in [0.15, 0.2) is 5.69 Å². The second-order valence-electron chi connectivity index (χ2n) is 5.36. The second-order valence-corrected chi connectivity index (χ2v) is 6.52. The molecule has 1 aromatic heterocycles. The molecule has 6 heteroatoms. The summed E-state index contributed by atoms with van der Waals surface area (Å²) >= 11 is 2.17. The highest BCUT2D eigenvalue weighted by Crippen LogP contribution is 2.19. The first-order valence-corrected chi connectivity index (χ1v) is 8.75. The van der Waals surface area contributed by atoms with Crippen LogP contribution in [0.4, 0.5) is 5.69 Å². The highest BCUT2D eigenvalue weighted by Gasteiger charge is 2.17. The van der Waals surface area contributed by atoms with Crippen LogP contribution < -0.4 is 10.9 Å². The summed E-state index contributed by atoms with van der Waals surface area (Å²) in [7, 11) is 0. The number of nitrogens with zero attached hydrogens (tertiary/aromatic N) is 2. The molecule has 1 heterocycles. The van der Waals surface area contributed by atoms with Crippen molar-refractivity contribution in [1.82, 2.24) is 9.78 Å². The number of para-hydroxylation sites is 1. The van der Waals surface area contributed by atoms with Crippen molar-refractivity contribution in [2.24, 2.45) is 0 Å². The molecule has 1 amide bonds. The first-order chi connectivity index (χ1) is 11.6. The first kappa shape index (κ1) is 16.6. The zero-order chi connectivity index (χ0) is 17.1. The molecule has 3 aromatic rings. The van der Waals surface area contributed by atoms with E-state index in [0.29, 0.717) is 17.3 Å². The van der Waals surface area contributed by atoms with Crippen LogP contribution >= 0.6 is 22.6 Å². The number of amides is 1. The van der Waals surface area contributed by atoms with Gasteiger partial charge in [0.05, 0.1) is 11.1 Å². The molecule has 3 rings (SSSR count). The predicted octanol–water partition coefficient (Wildman–Crippen LogP) is 3.66. The lowest BCUT2D eigenvalue weighted by molar-refractivity contribution is 0.102. The molecule has 0 radical (unpaired) electrons. The maximum absolute atomic E-state index is 12.8. The van der Waals surface area contributed by atoms with Crippen LogP contribution in [0.15, 0.2) is 53.3 Å². The number of nitrogens with one attached hydrogen (secondary N) is 1. The average molecular weight is 433 g/mol. The molecule has 0 bridgehead atoms. The molecule has 0 saturated heterocycles. The van der Waals surface area contributed by atoms with Crippen LogP contribution in [0.2, 0.25) is 0 Å². The Hall–Kier alpha value is -2.22. The van der Waals surface area contributed by atoms with Crippen LogP contribution in [-0.4, -0.2) is 15.7 Å². The van der Waals surface area contributed by atoms with Gasteiger partial charge >= 0.3 is 0 Å². The molecule has 0 unspecified atom stereocenters. The summed E-state index contributed by atoms with van der Waals surface area (Å²) in [5, 5.41) is 8.26. The predicted molar refractivity (Wildman–Crippen MR) is 103 cm³/mol. The number of anilines is 1. The third-order valence-corrected chi connectivity index (χ3v) is 4.58. The number of aromatic nitrogens is 2. The lowest BCUT2D eigenvalue weighted by Crippen LogP contribution is -2.27. The summed E-state index contributed by atoms with van der Waals surface area (Å²) < 4.78 is 2.31. The zero-order valence-electron chi connectivity index (χ0n) is 13.1. The van der Waals surface area contributed by atoms with E-state index in [9.17, 15) is 9.59 Å². The zero-order valence-corrected chi connectivity index (χ0v) is 15.3. The van der Waals surface area contributed by atoms with Crippen molar-refractivity contribution in [1.29, 1.82) is 0 Å². The molecule has 0 fully saturated rings. The molecular formula is C18H16IN3O2. The van der Waals surface area contributed by atoms with Crippen molar-refractivity contribution in [2.75, 3.05) is 5.32 Å². The van der Waals surface area contributed by atoms with Gasteiger partial charge in [-0.25, -0.2) is 4.68 Å². The third-order valence-electron chi connectivity index (χ3n) is 3.64. The fourth-order valence-electron chi connectivity index (χ4n) is 2.51. The number of carbonyl (C=O) groups is 1. The summed E-state index contributed by atoms with van der Waals surface area (Å²) in [4.78, 5) is 25.2. The molecule has 0 aliphatic heterocycles. The highest BCUT2D eigenvalue weighted by atomic mass is 127. The van der Waals surface area contributed by atoms with Crippen molar-refractivity contribution in [3.63, 3.8) is 0 Å². The van der Waals surface area contributed by atoms with Gasteiger partial charge in [-0.3, -0.25) is 9.59 Å². The number of hydrogen-bond acceptors (Lipinski definition) is 3. The van der Waals surface area contributed by atoms with Gasteiger partial charge in [-0.2, -0.15) is 5.10 Å². The molecule has 1 N–H and O–H groups in total. The van der Waals surface area contributed by atoms with Gasteiger partial charge in [0.25, 0.3) is 11.5 Å². The number of rotatable bonds is 4. The SMILES string of the molecule is CCCn1nc(C(=O)Nc2ccccc2I)c2ccccc2c1=O. The Bertz CT molecular complexity index is 966. The minimum Gasteiger partial charge on any atom is -0.320 e. The van der Waals surface area contributed by atoms with Gasteiger partial charge < -0.3 is 5.32 Å². The monoisotopic (exact) mass is 433 g/mol. The molecule has 0 spiro atoms. The van der Waals surface area contributed by atoms with Crippen molar-refractivity contribution < 1.29 is 4.79 Å². The number of fused-ring (bicyclic) bond motifs is 1. The molecule has 0 aliphatic carbocycles. The van der Waals surface area contributed by atoms with E-state index in [0.717, 1.165) is 15.7 Å². The van der Waals surface area contributed by atoms with Crippen LogP contribution in [0.1, 0.15) is 23.8 Å². The molecular weight excluding hydrogens is 417 g/mol. The second kappa shape index (κ2) is 7.12. The summed E-state index contributed by atoms with van der Waals surface area (Å²) in [6.45, 7) is 2.45. The van der Waals surface area contributed by atoms with E-state index < -0.39 is 0 Å². The molecule has 5 nitrogen and oxygen atoms in total. The fraction of sp³-hybridized carbons (Fsp3) is 0.167. The van der Waals surface area contributed by atoms with Gasteiger partial charge in [-0.15, -0.1) is 0 Å². The molecule has 0 aliphatic rings. The normalized spacial score (nSPS) is 10.8.